The molecule has 0 bridgehead atoms. The lowest BCUT2D eigenvalue weighted by Gasteiger charge is -2.02. The zero-order chi connectivity index (χ0) is 16.6. The Morgan fingerprint density at radius 3 is 2.88 bits per heavy atom. The fourth-order valence-electron chi connectivity index (χ4n) is 2.89. The first-order chi connectivity index (χ1) is 12.4. The molecule has 122 valence electrons. The van der Waals surface area contributed by atoms with Gasteiger partial charge in [0, 0.05) is 33.3 Å². The summed E-state index contributed by atoms with van der Waals surface area (Å²) in [5, 5.41) is 10.3. The number of fused-ring (bicyclic) bond motifs is 3. The summed E-state index contributed by atoms with van der Waals surface area (Å²) < 4.78 is 11.1. The van der Waals surface area contributed by atoms with Crippen molar-refractivity contribution in [1.29, 1.82) is 0 Å². The number of hydrogen-bond donors (Lipinski definition) is 1. The molecule has 0 radical (unpaired) electrons. The molecule has 0 saturated heterocycles. The first-order valence-electron chi connectivity index (χ1n) is 7.85. The number of rotatable bonds is 4. The quantitative estimate of drug-likeness (QED) is 0.496. The fourth-order valence-corrected chi connectivity index (χ4v) is 3.53. The van der Waals surface area contributed by atoms with Crippen LogP contribution in [-0.2, 0) is 6.61 Å². The Labute approximate surface area is 146 Å². The van der Waals surface area contributed by atoms with Crippen LogP contribution >= 0.6 is 11.3 Å². The molecule has 0 aliphatic heterocycles. The van der Waals surface area contributed by atoms with E-state index < -0.39 is 0 Å². The summed E-state index contributed by atoms with van der Waals surface area (Å²) in [6, 6.07) is 16.2. The Kier molecular flexibility index (Phi) is 3.28. The number of hydrogen-bond acceptors (Lipinski definition) is 5. The lowest BCUT2D eigenvalue weighted by Crippen LogP contribution is -1.95. The highest BCUT2D eigenvalue weighted by atomic mass is 32.1. The van der Waals surface area contributed by atoms with Crippen LogP contribution in [0.25, 0.3) is 33.2 Å². The minimum Gasteiger partial charge on any atom is -0.484 e. The summed E-state index contributed by atoms with van der Waals surface area (Å²) in [6.45, 7) is 0.239. The second-order valence-corrected chi connectivity index (χ2v) is 6.47. The van der Waals surface area contributed by atoms with Crippen LogP contribution in [0.4, 0.5) is 0 Å². The molecule has 3 heterocycles. The van der Waals surface area contributed by atoms with Crippen LogP contribution in [0.15, 0.2) is 63.8 Å². The summed E-state index contributed by atoms with van der Waals surface area (Å²) in [7, 11) is 0. The topological polar surface area (TPSA) is 63.9 Å². The van der Waals surface area contributed by atoms with Crippen LogP contribution in [0.3, 0.4) is 0 Å². The average molecular weight is 347 g/mol. The third-order valence-electron chi connectivity index (χ3n) is 4.09. The molecule has 0 aliphatic rings. The molecular weight excluding hydrogens is 334 g/mol. The molecular formula is C19H13N3O2S. The lowest BCUT2D eigenvalue weighted by atomic mass is 10.1. The number of ether oxygens (including phenoxy) is 1. The molecule has 1 N–H and O–H groups in total. The smallest absolute Gasteiger partial charge is 0.264 e. The molecule has 0 amide bonds. The SMILES string of the molecule is c1ccc2c(c1)[nH]c1cc(OCc3nc(-c4ccsc4)no3)ccc12. The number of H-pyrrole nitrogens is 1. The highest BCUT2D eigenvalue weighted by Gasteiger charge is 2.10. The largest absolute Gasteiger partial charge is 0.484 e. The molecule has 0 atom stereocenters. The van der Waals surface area contributed by atoms with Gasteiger partial charge < -0.3 is 14.2 Å². The van der Waals surface area contributed by atoms with Gasteiger partial charge in [0.05, 0.1) is 5.52 Å². The predicted molar refractivity (Wildman–Crippen MR) is 97.7 cm³/mol. The molecule has 3 aromatic heterocycles. The van der Waals surface area contributed by atoms with E-state index in [2.05, 4.69) is 33.3 Å². The Morgan fingerprint density at radius 2 is 1.96 bits per heavy atom. The minimum atomic E-state index is 0.239. The molecule has 0 aliphatic carbocycles. The van der Waals surface area contributed by atoms with Crippen molar-refractivity contribution in [2.24, 2.45) is 0 Å². The number of nitrogens with one attached hydrogen (secondary N) is 1. The summed E-state index contributed by atoms with van der Waals surface area (Å²) in [4.78, 5) is 7.77. The van der Waals surface area contributed by atoms with Crippen LogP contribution in [-0.4, -0.2) is 15.1 Å². The standard InChI is InChI=1S/C19H13N3O2S/c1-2-4-16-14(3-1)15-6-5-13(9-17(15)20-16)23-10-18-21-19(22-24-18)12-7-8-25-11-12/h1-9,11,20H,10H2. The van der Waals surface area contributed by atoms with Crippen molar-refractivity contribution in [3.8, 4) is 17.1 Å². The molecule has 25 heavy (non-hydrogen) atoms. The van der Waals surface area contributed by atoms with Crippen LogP contribution in [0.1, 0.15) is 5.89 Å². The number of aromatic amines is 1. The van der Waals surface area contributed by atoms with Crippen LogP contribution in [0.5, 0.6) is 5.75 Å². The van der Waals surface area contributed by atoms with Crippen molar-refractivity contribution < 1.29 is 9.26 Å². The molecule has 6 heteroatoms. The lowest BCUT2D eigenvalue weighted by molar-refractivity contribution is 0.243. The van der Waals surface area contributed by atoms with Gasteiger partial charge in [-0.05, 0) is 29.6 Å². The molecule has 2 aromatic carbocycles. The average Bonchev–Trinajstić information content (AvgIpc) is 3.37. The van der Waals surface area contributed by atoms with Crippen molar-refractivity contribution in [2.45, 2.75) is 6.61 Å². The Morgan fingerprint density at radius 1 is 1.04 bits per heavy atom. The van der Waals surface area contributed by atoms with Crippen molar-refractivity contribution in [1.82, 2.24) is 15.1 Å². The first-order valence-corrected chi connectivity index (χ1v) is 8.79. The van der Waals surface area contributed by atoms with E-state index in [9.17, 15) is 0 Å². The highest BCUT2D eigenvalue weighted by molar-refractivity contribution is 7.08. The summed E-state index contributed by atoms with van der Waals surface area (Å²) in [5.41, 5.74) is 3.12. The van der Waals surface area contributed by atoms with Gasteiger partial charge in [-0.15, -0.1) is 0 Å². The maximum atomic E-state index is 5.81. The van der Waals surface area contributed by atoms with Crippen molar-refractivity contribution in [3.05, 3.63) is 65.2 Å². The molecule has 0 spiro atoms. The maximum Gasteiger partial charge on any atom is 0.264 e. The summed E-state index contributed by atoms with van der Waals surface area (Å²) in [5.74, 6) is 1.80. The van der Waals surface area contributed by atoms with Crippen molar-refractivity contribution in [3.63, 3.8) is 0 Å². The van der Waals surface area contributed by atoms with Crippen LogP contribution in [0.2, 0.25) is 0 Å². The van der Waals surface area contributed by atoms with E-state index in [1.54, 1.807) is 11.3 Å². The second-order valence-electron chi connectivity index (χ2n) is 5.69. The number of thiophene rings is 1. The van der Waals surface area contributed by atoms with Crippen molar-refractivity contribution in [2.75, 3.05) is 0 Å². The second kappa shape index (κ2) is 5.75. The zero-order valence-corrected chi connectivity index (χ0v) is 13.9. The van der Waals surface area contributed by atoms with E-state index in [0.29, 0.717) is 11.7 Å². The maximum absolute atomic E-state index is 5.81. The van der Waals surface area contributed by atoms with E-state index in [0.717, 1.165) is 22.3 Å². The highest BCUT2D eigenvalue weighted by Crippen LogP contribution is 2.28. The fraction of sp³-hybridized carbons (Fsp3) is 0.0526. The van der Waals surface area contributed by atoms with Gasteiger partial charge in [-0.25, -0.2) is 0 Å². The van der Waals surface area contributed by atoms with E-state index in [-0.39, 0.29) is 6.61 Å². The Balaban J connectivity index is 1.38. The third kappa shape index (κ3) is 2.56. The number of benzene rings is 2. The van der Waals surface area contributed by atoms with Gasteiger partial charge in [-0.2, -0.15) is 16.3 Å². The Bertz CT molecular complexity index is 1160. The number of aromatic nitrogens is 3. The van der Waals surface area contributed by atoms with E-state index in [1.807, 2.05) is 41.1 Å². The van der Waals surface area contributed by atoms with E-state index in [4.69, 9.17) is 9.26 Å². The van der Waals surface area contributed by atoms with Gasteiger partial charge in [0.2, 0.25) is 5.82 Å². The number of para-hydroxylation sites is 1. The molecule has 5 nitrogen and oxygen atoms in total. The van der Waals surface area contributed by atoms with Crippen molar-refractivity contribution >= 4 is 33.1 Å². The van der Waals surface area contributed by atoms with Gasteiger partial charge in [0.25, 0.3) is 5.89 Å². The number of nitrogens with zero attached hydrogens (tertiary/aromatic N) is 2. The monoisotopic (exact) mass is 347 g/mol. The molecule has 5 rings (SSSR count). The molecule has 0 saturated carbocycles. The first kappa shape index (κ1) is 14.2. The predicted octanol–water partition coefficient (Wildman–Crippen LogP) is 5.01. The zero-order valence-electron chi connectivity index (χ0n) is 13.1. The van der Waals surface area contributed by atoms with Crippen LogP contribution in [0, 0.1) is 0 Å². The minimum absolute atomic E-state index is 0.239. The molecule has 0 unspecified atom stereocenters. The normalized spacial score (nSPS) is 11.4. The Hall–Kier alpha value is -3.12. The summed E-state index contributed by atoms with van der Waals surface area (Å²) >= 11 is 1.60. The van der Waals surface area contributed by atoms with Gasteiger partial charge in [0.15, 0.2) is 6.61 Å². The molecule has 5 aromatic rings. The van der Waals surface area contributed by atoms with Gasteiger partial charge in [-0.3, -0.25) is 0 Å². The van der Waals surface area contributed by atoms with Gasteiger partial charge in [0.1, 0.15) is 5.75 Å². The van der Waals surface area contributed by atoms with Gasteiger partial charge in [-0.1, -0.05) is 23.4 Å². The van der Waals surface area contributed by atoms with Gasteiger partial charge >= 0.3 is 0 Å². The van der Waals surface area contributed by atoms with Crippen LogP contribution < -0.4 is 4.74 Å². The van der Waals surface area contributed by atoms with E-state index in [1.165, 1.54) is 10.8 Å². The molecule has 0 fully saturated rings. The summed E-state index contributed by atoms with van der Waals surface area (Å²) in [6.07, 6.45) is 0. The van der Waals surface area contributed by atoms with E-state index >= 15 is 0 Å². The third-order valence-corrected chi connectivity index (χ3v) is 4.77.